The van der Waals surface area contributed by atoms with Gasteiger partial charge in [0.05, 0.1) is 10.6 Å². The largest absolute Gasteiger partial charge is 0.289 e. The van der Waals surface area contributed by atoms with Gasteiger partial charge >= 0.3 is 0 Å². The van der Waals surface area contributed by atoms with Gasteiger partial charge in [-0.05, 0) is 50.1 Å². The minimum Gasteiger partial charge on any atom is -0.279 e. The molecule has 0 fully saturated rings. The zero-order valence-electron chi connectivity index (χ0n) is 14.3. The van der Waals surface area contributed by atoms with Crippen LogP contribution in [-0.2, 0) is 14.8 Å². The van der Waals surface area contributed by atoms with Crippen LogP contribution in [0.1, 0.15) is 18.1 Å². The fourth-order valence-corrected chi connectivity index (χ4v) is 4.62. The summed E-state index contributed by atoms with van der Waals surface area (Å²) < 4.78 is 27.3. The van der Waals surface area contributed by atoms with E-state index < -0.39 is 36.8 Å². The lowest BCUT2D eigenvalue weighted by Gasteiger charge is -2.29. The van der Waals surface area contributed by atoms with Crippen molar-refractivity contribution in [1.29, 1.82) is 0 Å². The van der Waals surface area contributed by atoms with Crippen LogP contribution >= 0.6 is 11.6 Å². The fraction of sp³-hybridized carbons (Fsp3) is 0.235. The van der Waals surface area contributed by atoms with Crippen LogP contribution in [0.25, 0.3) is 0 Å². The molecule has 0 saturated carbocycles. The Hall–Kier alpha value is -2.45. The van der Waals surface area contributed by atoms with Crippen molar-refractivity contribution in [2.45, 2.75) is 31.7 Å². The van der Waals surface area contributed by atoms with E-state index >= 15 is 0 Å². The van der Waals surface area contributed by atoms with E-state index in [-0.39, 0.29) is 5.69 Å². The third-order valence-corrected chi connectivity index (χ3v) is 6.12. The van der Waals surface area contributed by atoms with Crippen molar-refractivity contribution in [2.75, 3.05) is 4.31 Å². The summed E-state index contributed by atoms with van der Waals surface area (Å²) in [5, 5.41) is 10.4. The Labute approximate surface area is 156 Å². The van der Waals surface area contributed by atoms with E-state index in [1.807, 2.05) is 6.92 Å². The van der Waals surface area contributed by atoms with E-state index in [1.54, 1.807) is 25.1 Å². The van der Waals surface area contributed by atoms with Gasteiger partial charge in [0.1, 0.15) is 6.04 Å². The van der Waals surface area contributed by atoms with E-state index in [2.05, 4.69) is 0 Å². The van der Waals surface area contributed by atoms with Crippen LogP contribution in [0.5, 0.6) is 0 Å². The summed E-state index contributed by atoms with van der Waals surface area (Å²) >= 11 is 5.57. The van der Waals surface area contributed by atoms with E-state index in [0.717, 1.165) is 22.0 Å². The standard InChI is InChI=1S/C17H17ClN2O5S/c1-11-8-9-14(12(2)10-11)19(13(3)17(18)21)26(24,25)16-7-5-4-6-15(16)20(22)23/h4-10,13H,1-3H3. The molecule has 138 valence electrons. The molecule has 0 radical (unpaired) electrons. The first-order valence-corrected chi connectivity index (χ1v) is 9.43. The molecule has 1 atom stereocenters. The molecule has 2 rings (SSSR count). The molecule has 2 aromatic carbocycles. The number of anilines is 1. The lowest BCUT2D eigenvalue weighted by Crippen LogP contribution is -2.42. The topological polar surface area (TPSA) is 97.6 Å². The van der Waals surface area contributed by atoms with Crippen molar-refractivity contribution in [3.63, 3.8) is 0 Å². The number of carbonyl (C=O) groups is 1. The van der Waals surface area contributed by atoms with Crippen LogP contribution in [0.3, 0.4) is 0 Å². The summed E-state index contributed by atoms with van der Waals surface area (Å²) in [4.78, 5) is 21.7. The molecule has 0 saturated heterocycles. The molecule has 0 N–H and O–H groups in total. The lowest BCUT2D eigenvalue weighted by molar-refractivity contribution is -0.387. The van der Waals surface area contributed by atoms with E-state index in [4.69, 9.17) is 11.6 Å². The average molecular weight is 397 g/mol. The van der Waals surface area contributed by atoms with Crippen molar-refractivity contribution in [3.8, 4) is 0 Å². The second kappa shape index (κ2) is 7.43. The molecule has 0 bridgehead atoms. The van der Waals surface area contributed by atoms with E-state index in [0.29, 0.717) is 5.56 Å². The number of aryl methyl sites for hydroxylation is 2. The Morgan fingerprint density at radius 1 is 1.19 bits per heavy atom. The summed E-state index contributed by atoms with van der Waals surface area (Å²) in [6, 6.07) is 8.73. The fourth-order valence-electron chi connectivity index (χ4n) is 2.62. The smallest absolute Gasteiger partial charge is 0.279 e. The van der Waals surface area contributed by atoms with Gasteiger partial charge in [0.15, 0.2) is 4.90 Å². The highest BCUT2D eigenvalue weighted by molar-refractivity contribution is 7.93. The number of nitrogens with zero attached hydrogens (tertiary/aromatic N) is 2. The summed E-state index contributed by atoms with van der Waals surface area (Å²) in [6.07, 6.45) is 0. The molecule has 9 heteroatoms. The lowest BCUT2D eigenvalue weighted by atomic mass is 10.1. The Bertz CT molecular complexity index is 975. The van der Waals surface area contributed by atoms with Gasteiger partial charge in [-0.1, -0.05) is 29.8 Å². The molecule has 0 aromatic heterocycles. The molecular weight excluding hydrogens is 380 g/mol. The first kappa shape index (κ1) is 19.9. The van der Waals surface area contributed by atoms with Gasteiger partial charge in [0.2, 0.25) is 5.24 Å². The molecule has 26 heavy (non-hydrogen) atoms. The Balaban J connectivity index is 2.77. The summed E-state index contributed by atoms with van der Waals surface area (Å²) in [7, 11) is -4.42. The minimum absolute atomic E-state index is 0.232. The molecule has 2 aromatic rings. The number of halogens is 1. The predicted molar refractivity (Wildman–Crippen MR) is 99.0 cm³/mol. The van der Waals surface area contributed by atoms with Gasteiger partial charge in [-0.15, -0.1) is 0 Å². The number of hydrogen-bond acceptors (Lipinski definition) is 5. The Morgan fingerprint density at radius 2 is 1.81 bits per heavy atom. The number of rotatable bonds is 6. The molecule has 1 unspecified atom stereocenters. The van der Waals surface area contributed by atoms with Gasteiger partial charge in [-0.3, -0.25) is 19.2 Å². The number of para-hydroxylation sites is 1. The van der Waals surface area contributed by atoms with Gasteiger partial charge in [-0.2, -0.15) is 0 Å². The van der Waals surface area contributed by atoms with Crippen molar-refractivity contribution in [1.82, 2.24) is 0 Å². The van der Waals surface area contributed by atoms with Gasteiger partial charge in [-0.25, -0.2) is 8.42 Å². The molecule has 0 amide bonds. The number of sulfonamides is 1. The molecule has 0 aliphatic heterocycles. The van der Waals surface area contributed by atoms with Crippen LogP contribution in [0.15, 0.2) is 47.4 Å². The van der Waals surface area contributed by atoms with Crippen molar-refractivity contribution in [2.24, 2.45) is 0 Å². The number of benzene rings is 2. The zero-order valence-corrected chi connectivity index (χ0v) is 15.9. The summed E-state index contributed by atoms with van der Waals surface area (Å²) in [5.41, 5.74) is 1.16. The highest BCUT2D eigenvalue weighted by atomic mass is 35.5. The molecule has 0 spiro atoms. The van der Waals surface area contributed by atoms with Gasteiger partial charge in [0, 0.05) is 6.07 Å². The number of nitro benzene ring substituents is 1. The molecule has 0 aliphatic carbocycles. The van der Waals surface area contributed by atoms with Crippen molar-refractivity contribution >= 4 is 38.2 Å². The van der Waals surface area contributed by atoms with Crippen molar-refractivity contribution < 1.29 is 18.1 Å². The number of nitro groups is 1. The monoisotopic (exact) mass is 396 g/mol. The second-order valence-electron chi connectivity index (χ2n) is 5.80. The van der Waals surface area contributed by atoms with Crippen LogP contribution < -0.4 is 4.31 Å². The summed E-state index contributed by atoms with van der Waals surface area (Å²) in [6.45, 7) is 4.87. The zero-order chi connectivity index (χ0) is 19.6. The first-order valence-electron chi connectivity index (χ1n) is 7.62. The highest BCUT2D eigenvalue weighted by Gasteiger charge is 2.37. The molecular formula is C17H17ClN2O5S. The quantitative estimate of drug-likeness (QED) is 0.422. The molecule has 0 heterocycles. The SMILES string of the molecule is Cc1ccc(N(C(C)C(=O)Cl)S(=O)(=O)c2ccccc2[N+](=O)[O-])c(C)c1. The third-order valence-electron chi connectivity index (χ3n) is 3.87. The van der Waals surface area contributed by atoms with E-state index in [9.17, 15) is 23.3 Å². The van der Waals surface area contributed by atoms with Crippen molar-refractivity contribution in [3.05, 3.63) is 63.7 Å². The highest BCUT2D eigenvalue weighted by Crippen LogP contribution is 2.33. The second-order valence-corrected chi connectivity index (χ2v) is 7.95. The minimum atomic E-state index is -4.42. The van der Waals surface area contributed by atoms with E-state index in [1.165, 1.54) is 19.1 Å². The maximum atomic E-state index is 13.3. The third kappa shape index (κ3) is 3.71. The van der Waals surface area contributed by atoms with Gasteiger partial charge in [0.25, 0.3) is 15.7 Å². The number of hydrogen-bond donors (Lipinski definition) is 0. The molecule has 0 aliphatic rings. The maximum Gasteiger partial charge on any atom is 0.289 e. The number of carbonyl (C=O) groups excluding carboxylic acids is 1. The first-order chi connectivity index (χ1) is 12.1. The summed E-state index contributed by atoms with van der Waals surface area (Å²) in [5.74, 6) is 0. The van der Waals surface area contributed by atoms with Crippen LogP contribution in [0, 0.1) is 24.0 Å². The normalized spacial score (nSPS) is 12.5. The van der Waals surface area contributed by atoms with Crippen LogP contribution in [0.2, 0.25) is 0 Å². The average Bonchev–Trinajstić information content (AvgIpc) is 2.56. The van der Waals surface area contributed by atoms with Crippen LogP contribution in [-0.4, -0.2) is 24.6 Å². The Kier molecular flexibility index (Phi) is 5.68. The van der Waals surface area contributed by atoms with Crippen LogP contribution in [0.4, 0.5) is 11.4 Å². The predicted octanol–water partition coefficient (Wildman–Crippen LogP) is 3.56. The Morgan fingerprint density at radius 3 is 2.35 bits per heavy atom. The molecule has 7 nitrogen and oxygen atoms in total. The van der Waals surface area contributed by atoms with Gasteiger partial charge < -0.3 is 0 Å². The maximum absolute atomic E-state index is 13.3.